The van der Waals surface area contributed by atoms with Gasteiger partial charge in [-0.05, 0) is 25.1 Å². The second-order valence-electron chi connectivity index (χ2n) is 5.59. The molecule has 0 amide bonds. The highest BCUT2D eigenvalue weighted by Gasteiger charge is 2.37. The first-order chi connectivity index (χ1) is 13.2. The van der Waals surface area contributed by atoms with Gasteiger partial charge in [-0.25, -0.2) is 9.78 Å². The number of ether oxygens (including phenoxy) is 2. The standard InChI is InChI=1S/C18H15N5O4/c1-2-26-18(25)14-15(24)12(27-17(14)22-13-5-7-21-23-13)8-10-9-20-16-11(10)4-3-6-19-16/h3-9H,2H2,1H3,(H,19,20)(H2,21,22,23). The number of pyridine rings is 1. The molecule has 136 valence electrons. The highest BCUT2D eigenvalue weighted by molar-refractivity contribution is 6.26. The predicted octanol–water partition coefficient (Wildman–Crippen LogP) is 2.11. The zero-order valence-corrected chi connectivity index (χ0v) is 14.3. The van der Waals surface area contributed by atoms with Crippen LogP contribution in [0.1, 0.15) is 12.5 Å². The third kappa shape index (κ3) is 3.06. The van der Waals surface area contributed by atoms with Crippen molar-refractivity contribution in [3.8, 4) is 0 Å². The van der Waals surface area contributed by atoms with Gasteiger partial charge in [0.1, 0.15) is 5.65 Å². The fourth-order valence-corrected chi connectivity index (χ4v) is 2.69. The van der Waals surface area contributed by atoms with E-state index in [1.165, 1.54) is 0 Å². The number of aromatic nitrogens is 4. The Balaban J connectivity index is 1.70. The Morgan fingerprint density at radius 1 is 1.41 bits per heavy atom. The second kappa shape index (κ2) is 6.79. The van der Waals surface area contributed by atoms with Crippen molar-refractivity contribution in [3.05, 3.63) is 59.6 Å². The fraction of sp³-hybridized carbons (Fsp3) is 0.111. The molecule has 0 unspecified atom stereocenters. The first-order valence-electron chi connectivity index (χ1n) is 8.22. The van der Waals surface area contributed by atoms with E-state index in [4.69, 9.17) is 9.47 Å². The first-order valence-corrected chi connectivity index (χ1v) is 8.22. The summed E-state index contributed by atoms with van der Waals surface area (Å²) in [7, 11) is 0. The number of hydrogen-bond donors (Lipinski definition) is 3. The van der Waals surface area contributed by atoms with E-state index < -0.39 is 11.8 Å². The van der Waals surface area contributed by atoms with Gasteiger partial charge < -0.3 is 19.8 Å². The number of nitrogens with zero attached hydrogens (tertiary/aromatic N) is 2. The molecule has 1 aliphatic rings. The zero-order valence-electron chi connectivity index (χ0n) is 14.3. The number of Topliss-reactive ketones (excluding diaryl/α,β-unsaturated/α-hetero) is 1. The highest BCUT2D eigenvalue weighted by Crippen LogP contribution is 2.29. The van der Waals surface area contributed by atoms with Crippen LogP contribution in [0.5, 0.6) is 0 Å². The summed E-state index contributed by atoms with van der Waals surface area (Å²) in [5.74, 6) is -0.943. The number of ketones is 1. The van der Waals surface area contributed by atoms with E-state index in [0.717, 1.165) is 5.39 Å². The minimum atomic E-state index is -0.760. The highest BCUT2D eigenvalue weighted by atomic mass is 16.5. The summed E-state index contributed by atoms with van der Waals surface area (Å²) in [6.45, 7) is 1.80. The Bertz CT molecular complexity index is 1080. The molecular formula is C18H15N5O4. The Morgan fingerprint density at radius 2 is 2.30 bits per heavy atom. The molecule has 3 N–H and O–H groups in total. The lowest BCUT2D eigenvalue weighted by Gasteiger charge is -2.05. The van der Waals surface area contributed by atoms with Crippen molar-refractivity contribution < 1.29 is 19.1 Å². The monoisotopic (exact) mass is 365 g/mol. The number of fused-ring (bicyclic) bond motifs is 1. The lowest BCUT2D eigenvalue weighted by atomic mass is 10.1. The molecule has 0 aromatic carbocycles. The number of rotatable bonds is 5. The van der Waals surface area contributed by atoms with E-state index in [0.29, 0.717) is 17.0 Å². The molecule has 0 radical (unpaired) electrons. The van der Waals surface area contributed by atoms with Crippen molar-refractivity contribution in [3.63, 3.8) is 0 Å². The van der Waals surface area contributed by atoms with Crippen LogP contribution in [-0.4, -0.2) is 38.5 Å². The van der Waals surface area contributed by atoms with Gasteiger partial charge in [0, 0.05) is 35.6 Å². The van der Waals surface area contributed by atoms with Crippen LogP contribution in [0, 0.1) is 0 Å². The topological polar surface area (TPSA) is 122 Å². The third-order valence-corrected chi connectivity index (χ3v) is 3.88. The average Bonchev–Trinajstić information content (AvgIpc) is 3.37. The van der Waals surface area contributed by atoms with E-state index in [1.807, 2.05) is 6.07 Å². The van der Waals surface area contributed by atoms with E-state index in [1.54, 1.807) is 43.7 Å². The molecule has 0 spiro atoms. The summed E-state index contributed by atoms with van der Waals surface area (Å²) in [4.78, 5) is 32.3. The number of hydrogen-bond acceptors (Lipinski definition) is 7. The van der Waals surface area contributed by atoms with Gasteiger partial charge in [0.15, 0.2) is 17.2 Å². The maximum absolute atomic E-state index is 12.8. The smallest absolute Gasteiger partial charge is 0.347 e. The molecule has 0 saturated carbocycles. The Labute approximate surface area is 153 Å². The molecule has 0 atom stereocenters. The van der Waals surface area contributed by atoms with Gasteiger partial charge in [0.25, 0.3) is 0 Å². The van der Waals surface area contributed by atoms with Crippen molar-refractivity contribution in [2.45, 2.75) is 6.92 Å². The lowest BCUT2D eigenvalue weighted by Crippen LogP contribution is -2.16. The number of allylic oxidation sites excluding steroid dienone is 1. The number of carbonyl (C=O) groups excluding carboxylic acids is 2. The zero-order chi connectivity index (χ0) is 18.8. The van der Waals surface area contributed by atoms with Crippen molar-refractivity contribution in [1.82, 2.24) is 20.2 Å². The molecule has 3 aromatic rings. The van der Waals surface area contributed by atoms with Gasteiger partial charge in [-0.2, -0.15) is 5.10 Å². The molecule has 4 rings (SSSR count). The summed E-state index contributed by atoms with van der Waals surface area (Å²) in [6.07, 6.45) is 6.53. The van der Waals surface area contributed by atoms with E-state index in [-0.39, 0.29) is 23.8 Å². The molecule has 9 nitrogen and oxygen atoms in total. The van der Waals surface area contributed by atoms with Gasteiger partial charge in [-0.1, -0.05) is 0 Å². The number of aromatic amines is 2. The summed E-state index contributed by atoms with van der Waals surface area (Å²) in [6, 6.07) is 5.30. The van der Waals surface area contributed by atoms with Gasteiger partial charge in [0.05, 0.1) is 6.61 Å². The number of anilines is 1. The molecule has 27 heavy (non-hydrogen) atoms. The van der Waals surface area contributed by atoms with E-state index in [2.05, 4.69) is 25.5 Å². The largest absolute Gasteiger partial charge is 0.462 e. The van der Waals surface area contributed by atoms with Crippen LogP contribution in [0.4, 0.5) is 5.82 Å². The Morgan fingerprint density at radius 3 is 3.07 bits per heavy atom. The summed E-state index contributed by atoms with van der Waals surface area (Å²) in [5, 5.41) is 10.2. The molecule has 4 heterocycles. The van der Waals surface area contributed by atoms with Crippen molar-refractivity contribution in [2.75, 3.05) is 11.9 Å². The Kier molecular flexibility index (Phi) is 4.17. The van der Waals surface area contributed by atoms with Crippen molar-refractivity contribution in [2.24, 2.45) is 0 Å². The van der Waals surface area contributed by atoms with Gasteiger partial charge >= 0.3 is 5.97 Å². The SMILES string of the molecule is CCOC(=O)C1=C(Nc2cc[nH]n2)OC(=Cc2c[nH]c3ncccc23)C1=O. The lowest BCUT2D eigenvalue weighted by molar-refractivity contribution is -0.139. The quantitative estimate of drug-likeness (QED) is 0.359. The van der Waals surface area contributed by atoms with Crippen LogP contribution in [0.15, 0.2) is 54.0 Å². The van der Waals surface area contributed by atoms with Gasteiger partial charge in [-0.15, -0.1) is 0 Å². The molecule has 0 fully saturated rings. The van der Waals surface area contributed by atoms with Crippen LogP contribution in [0.3, 0.4) is 0 Å². The number of nitrogens with one attached hydrogen (secondary N) is 3. The third-order valence-electron chi connectivity index (χ3n) is 3.88. The molecule has 0 saturated heterocycles. The van der Waals surface area contributed by atoms with Crippen LogP contribution in [0.2, 0.25) is 0 Å². The van der Waals surface area contributed by atoms with Gasteiger partial charge in [0.2, 0.25) is 11.7 Å². The molecule has 3 aromatic heterocycles. The summed E-state index contributed by atoms with van der Waals surface area (Å²) < 4.78 is 10.6. The fourth-order valence-electron chi connectivity index (χ4n) is 2.69. The second-order valence-corrected chi connectivity index (χ2v) is 5.59. The average molecular weight is 365 g/mol. The van der Waals surface area contributed by atoms with E-state index >= 15 is 0 Å². The Hall–Kier alpha value is -3.88. The minimum Gasteiger partial charge on any atom is -0.462 e. The van der Waals surface area contributed by atoms with Crippen molar-refractivity contribution in [1.29, 1.82) is 0 Å². The number of esters is 1. The molecule has 9 heteroatoms. The first kappa shape index (κ1) is 16.6. The maximum Gasteiger partial charge on any atom is 0.347 e. The minimum absolute atomic E-state index is 0.000779. The molecular weight excluding hydrogens is 350 g/mol. The molecule has 0 aliphatic carbocycles. The molecule has 1 aliphatic heterocycles. The van der Waals surface area contributed by atoms with Crippen molar-refractivity contribution >= 4 is 34.7 Å². The van der Waals surface area contributed by atoms with Crippen LogP contribution < -0.4 is 5.32 Å². The van der Waals surface area contributed by atoms with E-state index in [9.17, 15) is 9.59 Å². The van der Waals surface area contributed by atoms with Crippen LogP contribution in [-0.2, 0) is 19.1 Å². The maximum atomic E-state index is 12.8. The summed E-state index contributed by atoms with van der Waals surface area (Å²) in [5.41, 5.74) is 1.19. The predicted molar refractivity (Wildman–Crippen MR) is 96.0 cm³/mol. The normalized spacial score (nSPS) is 15.4. The molecule has 0 bridgehead atoms. The summed E-state index contributed by atoms with van der Waals surface area (Å²) >= 11 is 0. The number of H-pyrrole nitrogens is 2. The van der Waals surface area contributed by atoms with Gasteiger partial charge in [-0.3, -0.25) is 9.89 Å². The number of carbonyl (C=O) groups is 2. The van der Waals surface area contributed by atoms with Crippen LogP contribution in [0.25, 0.3) is 17.1 Å². The van der Waals surface area contributed by atoms with Crippen LogP contribution >= 0.6 is 0 Å².